The summed E-state index contributed by atoms with van der Waals surface area (Å²) in [5.41, 5.74) is 0.987. The number of carboxylic acids is 1. The number of hydrogen-bond donors (Lipinski definition) is 2. The van der Waals surface area contributed by atoms with E-state index in [0.29, 0.717) is 5.02 Å². The molecule has 16 heavy (non-hydrogen) atoms. The first kappa shape index (κ1) is 13.0. The molecule has 1 rings (SSSR count). The molecule has 0 fully saturated rings. The molecule has 1 aromatic rings. The maximum absolute atomic E-state index is 10.5. The highest BCUT2D eigenvalue weighted by molar-refractivity contribution is 6.31. The number of hydrogen-bond acceptors (Lipinski definition) is 2. The monoisotopic (exact) mass is 241 g/mol. The molecule has 0 radical (unpaired) electrons. The predicted molar refractivity (Wildman–Crippen MR) is 64.7 cm³/mol. The van der Waals surface area contributed by atoms with Crippen molar-refractivity contribution in [2.45, 2.75) is 32.4 Å². The van der Waals surface area contributed by atoms with E-state index in [2.05, 4.69) is 5.32 Å². The van der Waals surface area contributed by atoms with Gasteiger partial charge in [-0.3, -0.25) is 4.79 Å². The number of carbonyl (C=O) groups is 1. The van der Waals surface area contributed by atoms with Gasteiger partial charge in [-0.1, -0.05) is 29.8 Å². The topological polar surface area (TPSA) is 49.3 Å². The van der Waals surface area contributed by atoms with E-state index in [9.17, 15) is 4.79 Å². The second-order valence-electron chi connectivity index (χ2n) is 3.91. The second kappa shape index (κ2) is 5.87. The number of halogens is 1. The molecule has 0 aliphatic heterocycles. The molecule has 0 amide bonds. The Hall–Kier alpha value is -1.06. The molecular weight excluding hydrogens is 226 g/mol. The van der Waals surface area contributed by atoms with Crippen molar-refractivity contribution in [2.75, 3.05) is 0 Å². The maximum Gasteiger partial charge on any atom is 0.304 e. The highest BCUT2D eigenvalue weighted by Crippen LogP contribution is 2.22. The fourth-order valence-electron chi connectivity index (χ4n) is 1.66. The molecule has 0 spiro atoms. The van der Waals surface area contributed by atoms with Crippen molar-refractivity contribution < 1.29 is 9.90 Å². The summed E-state index contributed by atoms with van der Waals surface area (Å²) in [6, 6.07) is 7.53. The fraction of sp³-hybridized carbons (Fsp3) is 0.417. The third-order valence-electron chi connectivity index (χ3n) is 2.39. The third kappa shape index (κ3) is 3.83. The van der Waals surface area contributed by atoms with Gasteiger partial charge in [0.15, 0.2) is 0 Å². The van der Waals surface area contributed by atoms with Gasteiger partial charge in [-0.15, -0.1) is 0 Å². The zero-order valence-corrected chi connectivity index (χ0v) is 10.2. The van der Waals surface area contributed by atoms with E-state index in [1.807, 2.05) is 38.1 Å². The van der Waals surface area contributed by atoms with Crippen LogP contribution in [0.25, 0.3) is 0 Å². The molecule has 0 bridgehead atoms. The van der Waals surface area contributed by atoms with E-state index < -0.39 is 5.97 Å². The number of benzene rings is 1. The average Bonchev–Trinajstić information content (AvgIpc) is 2.16. The standard InChI is InChI=1S/C12H16ClNO2/c1-8(7-12(15)16)14-9(2)10-5-3-4-6-11(10)13/h3-6,8-9,14H,7H2,1-2H3,(H,15,16)/t8?,9-/m1/s1. The first-order chi connectivity index (χ1) is 7.50. The Kier molecular flexibility index (Phi) is 4.77. The van der Waals surface area contributed by atoms with Gasteiger partial charge in [0.05, 0.1) is 6.42 Å². The van der Waals surface area contributed by atoms with Gasteiger partial charge in [-0.2, -0.15) is 0 Å². The molecule has 1 unspecified atom stereocenters. The number of aliphatic carboxylic acids is 1. The van der Waals surface area contributed by atoms with Crippen LogP contribution < -0.4 is 5.32 Å². The lowest BCUT2D eigenvalue weighted by atomic mass is 10.1. The Balaban J connectivity index is 2.62. The number of carboxylic acid groups (broad SMARTS) is 1. The van der Waals surface area contributed by atoms with Crippen LogP contribution in [0.2, 0.25) is 5.02 Å². The lowest BCUT2D eigenvalue weighted by Gasteiger charge is -2.19. The van der Waals surface area contributed by atoms with Gasteiger partial charge in [0.2, 0.25) is 0 Å². The molecule has 0 aromatic heterocycles. The molecule has 2 atom stereocenters. The first-order valence-electron chi connectivity index (χ1n) is 5.23. The third-order valence-corrected chi connectivity index (χ3v) is 2.73. The molecular formula is C12H16ClNO2. The normalized spacial score (nSPS) is 14.4. The van der Waals surface area contributed by atoms with Crippen LogP contribution in [0.15, 0.2) is 24.3 Å². The van der Waals surface area contributed by atoms with E-state index in [4.69, 9.17) is 16.7 Å². The van der Waals surface area contributed by atoms with Crippen molar-refractivity contribution >= 4 is 17.6 Å². The molecule has 0 heterocycles. The largest absolute Gasteiger partial charge is 0.481 e. The highest BCUT2D eigenvalue weighted by Gasteiger charge is 2.13. The Morgan fingerprint density at radius 2 is 2.06 bits per heavy atom. The summed E-state index contributed by atoms with van der Waals surface area (Å²) in [5, 5.41) is 12.6. The summed E-state index contributed by atoms with van der Waals surface area (Å²) in [7, 11) is 0. The minimum absolute atomic E-state index is 0.0445. The summed E-state index contributed by atoms with van der Waals surface area (Å²) in [6.07, 6.45) is 0.106. The second-order valence-corrected chi connectivity index (χ2v) is 4.32. The van der Waals surface area contributed by atoms with Gasteiger partial charge >= 0.3 is 5.97 Å². The van der Waals surface area contributed by atoms with Crippen molar-refractivity contribution in [3.8, 4) is 0 Å². The van der Waals surface area contributed by atoms with Crippen LogP contribution >= 0.6 is 11.6 Å². The lowest BCUT2D eigenvalue weighted by Crippen LogP contribution is -2.31. The summed E-state index contributed by atoms with van der Waals surface area (Å²) in [5.74, 6) is -0.800. The molecule has 0 aliphatic rings. The van der Waals surface area contributed by atoms with Crippen molar-refractivity contribution in [1.82, 2.24) is 5.32 Å². The minimum atomic E-state index is -0.800. The molecule has 1 aromatic carbocycles. The van der Waals surface area contributed by atoms with Crippen LogP contribution in [-0.2, 0) is 4.79 Å². The van der Waals surface area contributed by atoms with Crippen LogP contribution in [0.3, 0.4) is 0 Å². The predicted octanol–water partition coefficient (Wildman–Crippen LogP) is 2.85. The Morgan fingerprint density at radius 3 is 2.62 bits per heavy atom. The van der Waals surface area contributed by atoms with E-state index in [-0.39, 0.29) is 18.5 Å². The Labute approximate surface area is 100 Å². The van der Waals surface area contributed by atoms with Crippen LogP contribution in [0, 0.1) is 0 Å². The smallest absolute Gasteiger partial charge is 0.304 e. The quantitative estimate of drug-likeness (QED) is 0.834. The maximum atomic E-state index is 10.5. The van der Waals surface area contributed by atoms with E-state index in [0.717, 1.165) is 5.56 Å². The van der Waals surface area contributed by atoms with Crippen LogP contribution in [0.4, 0.5) is 0 Å². The molecule has 88 valence electrons. The molecule has 2 N–H and O–H groups in total. The van der Waals surface area contributed by atoms with Crippen molar-refractivity contribution in [3.63, 3.8) is 0 Å². The molecule has 4 heteroatoms. The van der Waals surface area contributed by atoms with Crippen LogP contribution in [0.1, 0.15) is 31.9 Å². The molecule has 3 nitrogen and oxygen atoms in total. The van der Waals surface area contributed by atoms with Gasteiger partial charge in [-0.05, 0) is 25.5 Å². The SMILES string of the molecule is CC(CC(=O)O)N[C@H](C)c1ccccc1Cl. The van der Waals surface area contributed by atoms with E-state index >= 15 is 0 Å². The first-order valence-corrected chi connectivity index (χ1v) is 5.60. The summed E-state index contributed by atoms with van der Waals surface area (Å²) >= 11 is 6.05. The highest BCUT2D eigenvalue weighted by atomic mass is 35.5. The molecule has 0 aliphatic carbocycles. The molecule has 0 saturated heterocycles. The van der Waals surface area contributed by atoms with Gasteiger partial charge in [0.25, 0.3) is 0 Å². The van der Waals surface area contributed by atoms with Crippen molar-refractivity contribution in [3.05, 3.63) is 34.9 Å². The lowest BCUT2D eigenvalue weighted by molar-refractivity contribution is -0.137. The Bertz CT molecular complexity index is 368. The number of rotatable bonds is 5. The van der Waals surface area contributed by atoms with Crippen LogP contribution in [-0.4, -0.2) is 17.1 Å². The van der Waals surface area contributed by atoms with Crippen LogP contribution in [0.5, 0.6) is 0 Å². The minimum Gasteiger partial charge on any atom is -0.481 e. The Morgan fingerprint density at radius 1 is 1.44 bits per heavy atom. The fourth-order valence-corrected chi connectivity index (χ4v) is 1.96. The van der Waals surface area contributed by atoms with Crippen molar-refractivity contribution in [2.24, 2.45) is 0 Å². The number of nitrogens with one attached hydrogen (secondary N) is 1. The van der Waals surface area contributed by atoms with Gasteiger partial charge in [0.1, 0.15) is 0 Å². The van der Waals surface area contributed by atoms with Gasteiger partial charge in [0, 0.05) is 17.1 Å². The summed E-state index contributed by atoms with van der Waals surface area (Å²) in [4.78, 5) is 10.5. The average molecular weight is 242 g/mol. The summed E-state index contributed by atoms with van der Waals surface area (Å²) in [6.45, 7) is 3.82. The van der Waals surface area contributed by atoms with E-state index in [1.54, 1.807) is 0 Å². The van der Waals surface area contributed by atoms with Gasteiger partial charge in [-0.25, -0.2) is 0 Å². The zero-order chi connectivity index (χ0) is 12.1. The van der Waals surface area contributed by atoms with E-state index in [1.165, 1.54) is 0 Å². The van der Waals surface area contributed by atoms with Crippen molar-refractivity contribution in [1.29, 1.82) is 0 Å². The summed E-state index contributed by atoms with van der Waals surface area (Å²) < 4.78 is 0. The van der Waals surface area contributed by atoms with Gasteiger partial charge < -0.3 is 10.4 Å². The molecule has 0 saturated carbocycles. The zero-order valence-electron chi connectivity index (χ0n) is 9.40.